The number of hydrogen-bond donors (Lipinski definition) is 1. The van der Waals surface area contributed by atoms with E-state index in [0.717, 1.165) is 12.1 Å². The first kappa shape index (κ1) is 16.1. The summed E-state index contributed by atoms with van der Waals surface area (Å²) in [6.45, 7) is 4.34. The van der Waals surface area contributed by atoms with E-state index in [4.69, 9.17) is 23.2 Å². The topological polar surface area (TPSA) is 12.0 Å². The van der Waals surface area contributed by atoms with E-state index in [2.05, 4.69) is 31.3 Å². The van der Waals surface area contributed by atoms with Crippen LogP contribution >= 0.6 is 23.2 Å². The first-order valence-electron chi connectivity index (χ1n) is 6.93. The first-order valence-corrected chi connectivity index (χ1v) is 7.69. The highest BCUT2D eigenvalue weighted by Crippen LogP contribution is 2.31. The molecule has 1 nitrogen and oxygen atoms in total. The van der Waals surface area contributed by atoms with Crippen molar-refractivity contribution in [3.63, 3.8) is 0 Å². The molecule has 21 heavy (non-hydrogen) atoms. The summed E-state index contributed by atoms with van der Waals surface area (Å²) in [5.41, 5.74) is 1.91. The number of halogens is 3. The summed E-state index contributed by atoms with van der Waals surface area (Å²) >= 11 is 11.7. The molecule has 0 spiro atoms. The predicted octanol–water partition coefficient (Wildman–Crippen LogP) is 6.33. The second-order valence-corrected chi connectivity index (χ2v) is 6.31. The number of hydrogen-bond acceptors (Lipinski definition) is 1. The Kier molecular flexibility index (Phi) is 5.49. The highest BCUT2D eigenvalue weighted by Gasteiger charge is 2.15. The zero-order chi connectivity index (χ0) is 15.4. The maximum atomic E-state index is 13.5. The van der Waals surface area contributed by atoms with Crippen LogP contribution in [0.1, 0.15) is 31.9 Å². The summed E-state index contributed by atoms with van der Waals surface area (Å²) in [5, 5.41) is 3.46. The minimum Gasteiger partial charge on any atom is -0.378 e. The number of rotatable bonds is 5. The van der Waals surface area contributed by atoms with Gasteiger partial charge in [0.1, 0.15) is 0 Å². The standard InChI is InChI=1S/C17H18Cl2FN/c1-11(2)8-16(12-6-4-3-5-7-12)21-13-9-14(18)17(20)15(19)10-13/h3-7,9-11,16,21H,8H2,1-2H3. The molecule has 0 heterocycles. The monoisotopic (exact) mass is 325 g/mol. The molecule has 0 fully saturated rings. The van der Waals surface area contributed by atoms with Gasteiger partial charge in [0, 0.05) is 5.69 Å². The molecule has 0 saturated carbocycles. The molecule has 0 radical (unpaired) electrons. The van der Waals surface area contributed by atoms with Gasteiger partial charge in [-0.25, -0.2) is 4.39 Å². The van der Waals surface area contributed by atoms with Gasteiger partial charge >= 0.3 is 0 Å². The highest BCUT2D eigenvalue weighted by molar-refractivity contribution is 6.35. The van der Waals surface area contributed by atoms with Crippen LogP contribution < -0.4 is 5.32 Å². The third kappa shape index (κ3) is 4.36. The molecule has 4 heteroatoms. The minimum atomic E-state index is -0.580. The second-order valence-electron chi connectivity index (χ2n) is 5.49. The van der Waals surface area contributed by atoms with Crippen LogP contribution in [0.2, 0.25) is 10.0 Å². The lowest BCUT2D eigenvalue weighted by Gasteiger charge is -2.22. The average molecular weight is 326 g/mol. The molecule has 0 saturated heterocycles. The van der Waals surface area contributed by atoms with Gasteiger partial charge in [-0.3, -0.25) is 0 Å². The molecular weight excluding hydrogens is 308 g/mol. The minimum absolute atomic E-state index is 0.0290. The highest BCUT2D eigenvalue weighted by atomic mass is 35.5. The van der Waals surface area contributed by atoms with Crippen LogP contribution in [0.15, 0.2) is 42.5 Å². The molecule has 1 N–H and O–H groups in total. The Morgan fingerprint density at radius 2 is 1.62 bits per heavy atom. The van der Waals surface area contributed by atoms with E-state index < -0.39 is 5.82 Å². The number of nitrogens with one attached hydrogen (secondary N) is 1. The van der Waals surface area contributed by atoms with Crippen molar-refractivity contribution in [1.82, 2.24) is 0 Å². The SMILES string of the molecule is CC(C)CC(Nc1cc(Cl)c(F)c(Cl)c1)c1ccccc1. The molecule has 0 bridgehead atoms. The molecule has 1 unspecified atom stereocenters. The van der Waals surface area contributed by atoms with Crippen LogP contribution in [0.5, 0.6) is 0 Å². The van der Waals surface area contributed by atoms with Crippen molar-refractivity contribution in [1.29, 1.82) is 0 Å². The fraction of sp³-hybridized carbons (Fsp3) is 0.294. The molecular formula is C17H18Cl2FN. The fourth-order valence-corrected chi connectivity index (χ4v) is 2.76. The van der Waals surface area contributed by atoms with Gasteiger partial charge in [-0.05, 0) is 30.0 Å². The Labute approximate surface area is 135 Å². The van der Waals surface area contributed by atoms with E-state index in [1.807, 2.05) is 18.2 Å². The summed E-state index contributed by atoms with van der Waals surface area (Å²) in [4.78, 5) is 0. The van der Waals surface area contributed by atoms with E-state index in [-0.39, 0.29) is 16.1 Å². The van der Waals surface area contributed by atoms with E-state index in [0.29, 0.717) is 5.92 Å². The lowest BCUT2D eigenvalue weighted by molar-refractivity contribution is 0.531. The molecule has 0 aliphatic heterocycles. The molecule has 0 aliphatic rings. The Morgan fingerprint density at radius 3 is 2.14 bits per heavy atom. The van der Waals surface area contributed by atoms with Gasteiger partial charge in [-0.2, -0.15) is 0 Å². The summed E-state index contributed by atoms with van der Waals surface area (Å²) in [5.74, 6) is -0.0573. The first-order chi connectivity index (χ1) is 9.97. The Balaban J connectivity index is 2.27. The van der Waals surface area contributed by atoms with Gasteiger partial charge < -0.3 is 5.32 Å². The Hall–Kier alpha value is -1.25. The normalized spacial score (nSPS) is 12.5. The molecule has 112 valence electrons. The fourth-order valence-electron chi connectivity index (χ4n) is 2.28. The van der Waals surface area contributed by atoms with Gasteiger partial charge in [0.15, 0.2) is 5.82 Å². The van der Waals surface area contributed by atoms with E-state index in [1.165, 1.54) is 5.56 Å². The number of benzene rings is 2. The van der Waals surface area contributed by atoms with Crippen molar-refractivity contribution >= 4 is 28.9 Å². The van der Waals surface area contributed by atoms with Crippen molar-refractivity contribution in [2.24, 2.45) is 5.92 Å². The Morgan fingerprint density at radius 1 is 1.05 bits per heavy atom. The van der Waals surface area contributed by atoms with Gasteiger partial charge in [-0.15, -0.1) is 0 Å². The third-order valence-corrected chi connectivity index (χ3v) is 3.78. The van der Waals surface area contributed by atoms with E-state index >= 15 is 0 Å². The van der Waals surface area contributed by atoms with Gasteiger partial charge in [-0.1, -0.05) is 67.4 Å². The number of anilines is 1. The van der Waals surface area contributed by atoms with E-state index in [9.17, 15) is 4.39 Å². The van der Waals surface area contributed by atoms with Gasteiger partial charge in [0.2, 0.25) is 0 Å². The summed E-state index contributed by atoms with van der Waals surface area (Å²) in [6, 6.07) is 13.4. The lowest BCUT2D eigenvalue weighted by Crippen LogP contribution is -2.13. The van der Waals surface area contributed by atoms with Crippen molar-refractivity contribution < 1.29 is 4.39 Å². The summed E-state index contributed by atoms with van der Waals surface area (Å²) in [7, 11) is 0. The van der Waals surface area contributed by atoms with Crippen molar-refractivity contribution in [2.45, 2.75) is 26.3 Å². The Bertz CT molecular complexity index is 576. The van der Waals surface area contributed by atoms with Crippen molar-refractivity contribution in [2.75, 3.05) is 5.32 Å². The van der Waals surface area contributed by atoms with Crippen molar-refractivity contribution in [3.05, 3.63) is 63.9 Å². The maximum Gasteiger partial charge on any atom is 0.160 e. The predicted molar refractivity (Wildman–Crippen MR) is 88.7 cm³/mol. The van der Waals surface area contributed by atoms with Crippen LogP contribution in [-0.2, 0) is 0 Å². The summed E-state index contributed by atoms with van der Waals surface area (Å²) in [6.07, 6.45) is 0.955. The zero-order valence-electron chi connectivity index (χ0n) is 12.0. The zero-order valence-corrected chi connectivity index (χ0v) is 13.5. The van der Waals surface area contributed by atoms with Gasteiger partial charge in [0.05, 0.1) is 16.1 Å². The van der Waals surface area contributed by atoms with Crippen LogP contribution in [0.3, 0.4) is 0 Å². The quantitative estimate of drug-likeness (QED) is 0.633. The van der Waals surface area contributed by atoms with Crippen LogP contribution in [0.25, 0.3) is 0 Å². The average Bonchev–Trinajstić information content (AvgIpc) is 2.44. The van der Waals surface area contributed by atoms with Crippen LogP contribution in [0.4, 0.5) is 10.1 Å². The maximum absolute atomic E-state index is 13.5. The summed E-state index contributed by atoms with van der Waals surface area (Å²) < 4.78 is 13.5. The van der Waals surface area contributed by atoms with Gasteiger partial charge in [0.25, 0.3) is 0 Å². The molecule has 2 aromatic carbocycles. The third-order valence-electron chi connectivity index (χ3n) is 3.23. The largest absolute Gasteiger partial charge is 0.378 e. The second kappa shape index (κ2) is 7.15. The van der Waals surface area contributed by atoms with Crippen LogP contribution in [0, 0.1) is 11.7 Å². The molecule has 0 aliphatic carbocycles. The van der Waals surface area contributed by atoms with E-state index in [1.54, 1.807) is 12.1 Å². The molecule has 2 aromatic rings. The molecule has 2 rings (SSSR count). The molecule has 0 amide bonds. The lowest BCUT2D eigenvalue weighted by atomic mass is 9.97. The smallest absolute Gasteiger partial charge is 0.160 e. The molecule has 0 aromatic heterocycles. The molecule has 1 atom stereocenters. The van der Waals surface area contributed by atoms with Crippen molar-refractivity contribution in [3.8, 4) is 0 Å². The van der Waals surface area contributed by atoms with Crippen LogP contribution in [-0.4, -0.2) is 0 Å².